The molecule has 0 fully saturated rings. The van der Waals surface area contributed by atoms with E-state index in [0.29, 0.717) is 30.2 Å². The fourth-order valence-electron chi connectivity index (χ4n) is 2.64. The second kappa shape index (κ2) is 5.83. The molecule has 2 aromatic heterocycles. The molecular weight excluding hydrogens is 264 g/mol. The maximum Gasteiger partial charge on any atom is 0.144 e. The van der Waals surface area contributed by atoms with Crippen molar-refractivity contribution in [2.75, 3.05) is 17.6 Å². The van der Waals surface area contributed by atoms with Crippen LogP contribution in [0, 0.1) is 11.3 Å². The molecule has 0 amide bonds. The molecule has 6 nitrogen and oxygen atoms in total. The summed E-state index contributed by atoms with van der Waals surface area (Å²) < 4.78 is 1.77. The van der Waals surface area contributed by atoms with Crippen LogP contribution < -0.4 is 11.1 Å². The van der Waals surface area contributed by atoms with Crippen LogP contribution >= 0.6 is 0 Å². The van der Waals surface area contributed by atoms with E-state index in [4.69, 9.17) is 5.73 Å². The summed E-state index contributed by atoms with van der Waals surface area (Å²) in [5.74, 6) is 0.679. The molecular formula is C15H18N6. The predicted molar refractivity (Wildman–Crippen MR) is 80.7 cm³/mol. The second-order valence-electron chi connectivity index (χ2n) is 5.27. The van der Waals surface area contributed by atoms with Crippen LogP contribution in [0.2, 0.25) is 0 Å². The zero-order valence-corrected chi connectivity index (χ0v) is 11.8. The molecule has 21 heavy (non-hydrogen) atoms. The Bertz CT molecular complexity index is 682. The number of nitrogens with two attached hydrogens (primary N) is 1. The summed E-state index contributed by atoms with van der Waals surface area (Å²) >= 11 is 0. The van der Waals surface area contributed by atoms with Gasteiger partial charge in [0.05, 0.1) is 24.0 Å². The molecule has 0 aromatic carbocycles. The molecule has 2 aromatic rings. The van der Waals surface area contributed by atoms with Gasteiger partial charge in [0.15, 0.2) is 0 Å². The van der Waals surface area contributed by atoms with Gasteiger partial charge in [-0.05, 0) is 37.3 Å². The predicted octanol–water partition coefficient (Wildman–Crippen LogP) is 1.72. The number of aryl methyl sites for hydroxylation is 2. The van der Waals surface area contributed by atoms with E-state index in [2.05, 4.69) is 21.5 Å². The summed E-state index contributed by atoms with van der Waals surface area (Å²) in [6, 6.07) is 4.21. The van der Waals surface area contributed by atoms with Gasteiger partial charge >= 0.3 is 0 Å². The van der Waals surface area contributed by atoms with Crippen molar-refractivity contribution in [3.63, 3.8) is 0 Å². The first-order valence-electron chi connectivity index (χ1n) is 7.21. The summed E-state index contributed by atoms with van der Waals surface area (Å²) in [7, 11) is 0. The minimum Gasteiger partial charge on any atom is -0.396 e. The zero-order valence-electron chi connectivity index (χ0n) is 11.8. The smallest absolute Gasteiger partial charge is 0.144 e. The Kier molecular flexibility index (Phi) is 3.73. The van der Waals surface area contributed by atoms with E-state index in [9.17, 15) is 5.26 Å². The van der Waals surface area contributed by atoms with Crippen molar-refractivity contribution in [3.8, 4) is 6.07 Å². The molecule has 2 heterocycles. The number of anilines is 2. The van der Waals surface area contributed by atoms with Crippen LogP contribution in [0.5, 0.6) is 0 Å². The molecule has 0 bridgehead atoms. The van der Waals surface area contributed by atoms with Crippen molar-refractivity contribution in [1.29, 1.82) is 5.26 Å². The van der Waals surface area contributed by atoms with E-state index in [-0.39, 0.29) is 0 Å². The molecule has 1 aliphatic rings. The number of nitrogens with one attached hydrogen (secondary N) is 1. The molecule has 0 unspecified atom stereocenters. The third kappa shape index (κ3) is 2.97. The number of nitriles is 1. The lowest BCUT2D eigenvalue weighted by molar-refractivity contribution is 0.635. The number of pyridine rings is 1. The van der Waals surface area contributed by atoms with Crippen molar-refractivity contribution < 1.29 is 0 Å². The normalized spacial score (nSPS) is 13.5. The maximum absolute atomic E-state index is 9.28. The van der Waals surface area contributed by atoms with E-state index in [1.165, 1.54) is 18.4 Å². The standard InChI is InChI=1S/C15H18N6/c16-8-12-7-11-3-1-2-4-14(11)20-15(12)18-5-6-21-10-13(17)9-19-21/h7,9-10H,1-6,17H2,(H,18,20). The molecule has 0 radical (unpaired) electrons. The molecule has 0 spiro atoms. The Morgan fingerprint density at radius 3 is 3.00 bits per heavy atom. The highest BCUT2D eigenvalue weighted by Gasteiger charge is 2.14. The fourth-order valence-corrected chi connectivity index (χ4v) is 2.64. The van der Waals surface area contributed by atoms with Crippen molar-refractivity contribution >= 4 is 11.5 Å². The van der Waals surface area contributed by atoms with Gasteiger partial charge in [-0.15, -0.1) is 0 Å². The van der Waals surface area contributed by atoms with Gasteiger partial charge < -0.3 is 11.1 Å². The molecule has 6 heteroatoms. The number of hydrogen-bond donors (Lipinski definition) is 2. The average Bonchev–Trinajstić information content (AvgIpc) is 2.92. The molecule has 0 saturated heterocycles. The maximum atomic E-state index is 9.28. The quantitative estimate of drug-likeness (QED) is 0.890. The Hall–Kier alpha value is -2.55. The van der Waals surface area contributed by atoms with Gasteiger partial charge in [0, 0.05) is 18.4 Å². The van der Waals surface area contributed by atoms with E-state index >= 15 is 0 Å². The van der Waals surface area contributed by atoms with Crippen LogP contribution in [0.3, 0.4) is 0 Å². The summed E-state index contributed by atoms with van der Waals surface area (Å²) in [4.78, 5) is 4.63. The number of aromatic nitrogens is 3. The van der Waals surface area contributed by atoms with Crippen LogP contribution in [-0.4, -0.2) is 21.3 Å². The van der Waals surface area contributed by atoms with Crippen molar-refractivity contribution in [2.45, 2.75) is 32.2 Å². The van der Waals surface area contributed by atoms with Crippen molar-refractivity contribution in [2.24, 2.45) is 0 Å². The van der Waals surface area contributed by atoms with Gasteiger partial charge in [0.25, 0.3) is 0 Å². The SMILES string of the molecule is N#Cc1cc2c(nc1NCCn1cc(N)cn1)CCCC2. The largest absolute Gasteiger partial charge is 0.396 e. The summed E-state index contributed by atoms with van der Waals surface area (Å²) in [5, 5.41) is 16.6. The minimum atomic E-state index is 0.621. The third-order valence-electron chi connectivity index (χ3n) is 3.71. The molecule has 0 aliphatic heterocycles. The van der Waals surface area contributed by atoms with Crippen molar-refractivity contribution in [3.05, 3.63) is 35.3 Å². The molecule has 0 saturated carbocycles. The highest BCUT2D eigenvalue weighted by Crippen LogP contribution is 2.24. The van der Waals surface area contributed by atoms with Gasteiger partial charge in [-0.3, -0.25) is 4.68 Å². The van der Waals surface area contributed by atoms with Gasteiger partial charge in [-0.2, -0.15) is 10.4 Å². The number of nitrogen functional groups attached to an aromatic ring is 1. The van der Waals surface area contributed by atoms with E-state index in [0.717, 1.165) is 18.5 Å². The average molecular weight is 282 g/mol. The summed E-state index contributed by atoms with van der Waals surface area (Å²) in [5.41, 5.74) is 9.25. The summed E-state index contributed by atoms with van der Waals surface area (Å²) in [6.45, 7) is 1.34. The first kappa shape index (κ1) is 13.4. The number of fused-ring (bicyclic) bond motifs is 1. The lowest BCUT2D eigenvalue weighted by atomic mass is 9.95. The molecule has 1 aliphatic carbocycles. The van der Waals surface area contributed by atoms with Gasteiger partial charge in [-0.25, -0.2) is 4.98 Å². The fraction of sp³-hybridized carbons (Fsp3) is 0.400. The molecule has 0 atom stereocenters. The Balaban J connectivity index is 1.71. The minimum absolute atomic E-state index is 0.621. The van der Waals surface area contributed by atoms with Crippen LogP contribution in [0.4, 0.5) is 11.5 Å². The lowest BCUT2D eigenvalue weighted by Crippen LogP contribution is -2.15. The van der Waals surface area contributed by atoms with Crippen LogP contribution in [0.15, 0.2) is 18.5 Å². The second-order valence-corrected chi connectivity index (χ2v) is 5.27. The topological polar surface area (TPSA) is 92.5 Å². The monoisotopic (exact) mass is 282 g/mol. The zero-order chi connectivity index (χ0) is 14.7. The molecule has 3 N–H and O–H groups in total. The van der Waals surface area contributed by atoms with E-state index in [1.54, 1.807) is 17.1 Å². The number of nitrogens with zero attached hydrogens (tertiary/aromatic N) is 4. The third-order valence-corrected chi connectivity index (χ3v) is 3.71. The molecule has 108 valence electrons. The van der Waals surface area contributed by atoms with Crippen molar-refractivity contribution in [1.82, 2.24) is 14.8 Å². The molecule has 3 rings (SSSR count). The van der Waals surface area contributed by atoms with Crippen LogP contribution in [-0.2, 0) is 19.4 Å². The Labute approximate surface area is 123 Å². The Morgan fingerprint density at radius 1 is 1.38 bits per heavy atom. The highest BCUT2D eigenvalue weighted by molar-refractivity contribution is 5.54. The summed E-state index contributed by atoms with van der Waals surface area (Å²) in [6.07, 6.45) is 7.81. The lowest BCUT2D eigenvalue weighted by Gasteiger charge is -2.17. The first-order chi connectivity index (χ1) is 10.3. The number of rotatable bonds is 4. The van der Waals surface area contributed by atoms with E-state index in [1.807, 2.05) is 6.07 Å². The Morgan fingerprint density at radius 2 is 2.24 bits per heavy atom. The van der Waals surface area contributed by atoms with Crippen LogP contribution in [0.25, 0.3) is 0 Å². The highest BCUT2D eigenvalue weighted by atomic mass is 15.3. The first-order valence-corrected chi connectivity index (χ1v) is 7.21. The van der Waals surface area contributed by atoms with Gasteiger partial charge in [-0.1, -0.05) is 0 Å². The van der Waals surface area contributed by atoms with Gasteiger partial charge in [0.1, 0.15) is 11.9 Å². The van der Waals surface area contributed by atoms with E-state index < -0.39 is 0 Å². The van der Waals surface area contributed by atoms with Gasteiger partial charge in [0.2, 0.25) is 0 Å². The number of hydrogen-bond acceptors (Lipinski definition) is 5. The van der Waals surface area contributed by atoms with Crippen LogP contribution in [0.1, 0.15) is 29.7 Å².